The Labute approximate surface area is 102 Å². The van der Waals surface area contributed by atoms with Crippen molar-refractivity contribution in [2.45, 2.75) is 65.5 Å². The minimum atomic E-state index is 0.408. The quantitative estimate of drug-likeness (QED) is 0.796. The first-order valence-electron chi connectivity index (χ1n) is 7.00. The van der Waals surface area contributed by atoms with Crippen molar-refractivity contribution in [2.24, 2.45) is 5.92 Å². The molecule has 0 bridgehead atoms. The predicted octanol–water partition coefficient (Wildman–Crippen LogP) is 2.89. The molecule has 1 aliphatic rings. The number of rotatable bonds is 3. The molecule has 0 aromatic heterocycles. The van der Waals surface area contributed by atoms with Gasteiger partial charge in [0.05, 0.1) is 0 Å². The SMILES string of the molecule is CCC(C)(CC)N1CCC(C)NCC(C)C1. The summed E-state index contributed by atoms with van der Waals surface area (Å²) in [5, 5.41) is 3.62. The Morgan fingerprint density at radius 3 is 2.44 bits per heavy atom. The van der Waals surface area contributed by atoms with Gasteiger partial charge in [-0.05, 0) is 45.6 Å². The van der Waals surface area contributed by atoms with Crippen LogP contribution in [0.2, 0.25) is 0 Å². The van der Waals surface area contributed by atoms with Crippen molar-refractivity contribution in [3.8, 4) is 0 Å². The second kappa shape index (κ2) is 6.02. The first-order valence-corrected chi connectivity index (χ1v) is 7.00. The third-order valence-electron chi connectivity index (χ3n) is 4.47. The van der Waals surface area contributed by atoms with Crippen LogP contribution in [-0.2, 0) is 0 Å². The molecule has 16 heavy (non-hydrogen) atoms. The Hall–Kier alpha value is -0.0800. The van der Waals surface area contributed by atoms with E-state index >= 15 is 0 Å². The van der Waals surface area contributed by atoms with Gasteiger partial charge in [-0.1, -0.05) is 20.8 Å². The van der Waals surface area contributed by atoms with Crippen LogP contribution in [0.1, 0.15) is 53.9 Å². The summed E-state index contributed by atoms with van der Waals surface area (Å²) in [4.78, 5) is 2.73. The van der Waals surface area contributed by atoms with E-state index in [0.717, 1.165) is 5.92 Å². The first kappa shape index (κ1) is 14.0. The Balaban J connectivity index is 2.68. The molecule has 1 saturated heterocycles. The van der Waals surface area contributed by atoms with Gasteiger partial charge < -0.3 is 5.32 Å². The van der Waals surface area contributed by atoms with Gasteiger partial charge >= 0.3 is 0 Å². The molecule has 2 unspecified atom stereocenters. The minimum Gasteiger partial charge on any atom is -0.314 e. The Bertz CT molecular complexity index is 199. The van der Waals surface area contributed by atoms with Crippen LogP contribution in [0.4, 0.5) is 0 Å². The fraction of sp³-hybridized carbons (Fsp3) is 1.00. The molecule has 1 heterocycles. The summed E-state index contributed by atoms with van der Waals surface area (Å²) in [6.45, 7) is 15.4. The molecule has 0 aromatic carbocycles. The monoisotopic (exact) mass is 226 g/mol. The molecule has 1 rings (SSSR count). The zero-order valence-electron chi connectivity index (χ0n) is 11.8. The molecule has 0 radical (unpaired) electrons. The highest BCUT2D eigenvalue weighted by Crippen LogP contribution is 2.25. The molecule has 2 nitrogen and oxygen atoms in total. The molecule has 1 N–H and O–H groups in total. The number of hydrogen-bond acceptors (Lipinski definition) is 2. The van der Waals surface area contributed by atoms with E-state index in [1.54, 1.807) is 0 Å². The van der Waals surface area contributed by atoms with Gasteiger partial charge in [0.1, 0.15) is 0 Å². The molecule has 96 valence electrons. The van der Waals surface area contributed by atoms with Crippen molar-refractivity contribution in [2.75, 3.05) is 19.6 Å². The van der Waals surface area contributed by atoms with Gasteiger partial charge in [0.25, 0.3) is 0 Å². The summed E-state index contributed by atoms with van der Waals surface area (Å²) >= 11 is 0. The zero-order chi connectivity index (χ0) is 12.2. The van der Waals surface area contributed by atoms with Gasteiger partial charge in [-0.25, -0.2) is 0 Å². The van der Waals surface area contributed by atoms with E-state index in [4.69, 9.17) is 0 Å². The van der Waals surface area contributed by atoms with Crippen LogP contribution in [-0.4, -0.2) is 36.1 Å². The first-order chi connectivity index (χ1) is 7.51. The average Bonchev–Trinajstić information content (AvgIpc) is 2.28. The van der Waals surface area contributed by atoms with E-state index < -0.39 is 0 Å². The van der Waals surface area contributed by atoms with Crippen molar-refractivity contribution in [1.82, 2.24) is 10.2 Å². The van der Waals surface area contributed by atoms with Gasteiger partial charge in [0.2, 0.25) is 0 Å². The third kappa shape index (κ3) is 3.46. The molecule has 0 saturated carbocycles. The molecular weight excluding hydrogens is 196 g/mol. The highest BCUT2D eigenvalue weighted by molar-refractivity contribution is 4.87. The minimum absolute atomic E-state index is 0.408. The van der Waals surface area contributed by atoms with E-state index in [1.165, 1.54) is 38.9 Å². The lowest BCUT2D eigenvalue weighted by Gasteiger charge is -2.43. The molecule has 2 atom stereocenters. The Morgan fingerprint density at radius 2 is 1.88 bits per heavy atom. The molecule has 1 fully saturated rings. The maximum atomic E-state index is 3.62. The van der Waals surface area contributed by atoms with E-state index in [2.05, 4.69) is 44.8 Å². The average molecular weight is 226 g/mol. The summed E-state index contributed by atoms with van der Waals surface area (Å²) in [6.07, 6.45) is 3.80. The maximum absolute atomic E-state index is 3.62. The van der Waals surface area contributed by atoms with Gasteiger partial charge in [0.15, 0.2) is 0 Å². The molecule has 0 aromatic rings. The fourth-order valence-electron chi connectivity index (χ4n) is 2.57. The van der Waals surface area contributed by atoms with Crippen molar-refractivity contribution in [3.05, 3.63) is 0 Å². The predicted molar refractivity (Wildman–Crippen MR) is 71.8 cm³/mol. The van der Waals surface area contributed by atoms with E-state index in [-0.39, 0.29) is 0 Å². The second-order valence-electron chi connectivity index (χ2n) is 5.85. The molecule has 0 aliphatic carbocycles. The molecule has 0 amide bonds. The van der Waals surface area contributed by atoms with Crippen LogP contribution < -0.4 is 5.32 Å². The van der Waals surface area contributed by atoms with Crippen molar-refractivity contribution in [1.29, 1.82) is 0 Å². The normalized spacial score (nSPS) is 29.8. The van der Waals surface area contributed by atoms with Crippen LogP contribution in [0.5, 0.6) is 0 Å². The Morgan fingerprint density at radius 1 is 1.25 bits per heavy atom. The third-order valence-corrected chi connectivity index (χ3v) is 4.47. The summed E-state index contributed by atoms with van der Waals surface area (Å²) in [7, 11) is 0. The Kier molecular flexibility index (Phi) is 5.26. The van der Waals surface area contributed by atoms with Crippen LogP contribution >= 0.6 is 0 Å². The highest BCUT2D eigenvalue weighted by Gasteiger charge is 2.30. The molecular formula is C14H30N2. The second-order valence-corrected chi connectivity index (χ2v) is 5.85. The van der Waals surface area contributed by atoms with Gasteiger partial charge in [0, 0.05) is 24.7 Å². The van der Waals surface area contributed by atoms with Gasteiger partial charge in [-0.3, -0.25) is 4.90 Å². The smallest absolute Gasteiger partial charge is 0.0176 e. The summed E-state index contributed by atoms with van der Waals surface area (Å²) in [5.74, 6) is 0.764. The number of hydrogen-bond donors (Lipinski definition) is 1. The van der Waals surface area contributed by atoms with Gasteiger partial charge in [-0.15, -0.1) is 0 Å². The van der Waals surface area contributed by atoms with E-state index in [1.807, 2.05) is 0 Å². The topological polar surface area (TPSA) is 15.3 Å². The van der Waals surface area contributed by atoms with Gasteiger partial charge in [-0.2, -0.15) is 0 Å². The van der Waals surface area contributed by atoms with E-state index in [0.29, 0.717) is 11.6 Å². The van der Waals surface area contributed by atoms with E-state index in [9.17, 15) is 0 Å². The van der Waals surface area contributed by atoms with Crippen LogP contribution in [0.25, 0.3) is 0 Å². The summed E-state index contributed by atoms with van der Waals surface area (Å²) in [5.41, 5.74) is 0.408. The van der Waals surface area contributed by atoms with Crippen molar-refractivity contribution in [3.63, 3.8) is 0 Å². The molecule has 1 aliphatic heterocycles. The zero-order valence-corrected chi connectivity index (χ0v) is 11.8. The maximum Gasteiger partial charge on any atom is 0.0176 e. The van der Waals surface area contributed by atoms with Crippen molar-refractivity contribution < 1.29 is 0 Å². The van der Waals surface area contributed by atoms with Crippen LogP contribution in [0.15, 0.2) is 0 Å². The number of nitrogens with zero attached hydrogens (tertiary/aromatic N) is 1. The van der Waals surface area contributed by atoms with Crippen LogP contribution in [0.3, 0.4) is 0 Å². The number of nitrogens with one attached hydrogen (secondary N) is 1. The lowest BCUT2D eigenvalue weighted by atomic mass is 9.90. The standard InChI is InChI=1S/C14H30N2/c1-6-14(5,7-2)16-9-8-13(4)15-10-12(3)11-16/h12-13,15H,6-11H2,1-5H3. The summed E-state index contributed by atoms with van der Waals surface area (Å²) < 4.78 is 0. The van der Waals surface area contributed by atoms with Crippen molar-refractivity contribution >= 4 is 0 Å². The van der Waals surface area contributed by atoms with Crippen LogP contribution in [0, 0.1) is 5.92 Å². The highest BCUT2D eigenvalue weighted by atomic mass is 15.2. The fourth-order valence-corrected chi connectivity index (χ4v) is 2.57. The lowest BCUT2D eigenvalue weighted by Crippen LogP contribution is -2.52. The summed E-state index contributed by atoms with van der Waals surface area (Å²) in [6, 6.07) is 0.670. The lowest BCUT2D eigenvalue weighted by molar-refractivity contribution is 0.0660. The molecule has 0 spiro atoms. The largest absolute Gasteiger partial charge is 0.314 e. The molecule has 2 heteroatoms.